The lowest BCUT2D eigenvalue weighted by Crippen LogP contribution is -2.24. The van der Waals surface area contributed by atoms with Crippen molar-refractivity contribution >= 4 is 34.9 Å². The lowest BCUT2D eigenvalue weighted by molar-refractivity contribution is -0.137. The third kappa shape index (κ3) is 4.45. The number of nitrogens with one attached hydrogen (secondary N) is 2. The van der Waals surface area contributed by atoms with Crippen LogP contribution in [-0.2, 0) is 22.2 Å². The molecule has 2 N–H and O–H groups in total. The highest BCUT2D eigenvalue weighted by Crippen LogP contribution is 2.40. The summed E-state index contributed by atoms with van der Waals surface area (Å²) in [5, 5.41) is 9.26. The van der Waals surface area contributed by atoms with Gasteiger partial charge in [0.05, 0.1) is 29.8 Å². The van der Waals surface area contributed by atoms with Gasteiger partial charge in [0.25, 0.3) is 5.91 Å². The Bertz CT molecular complexity index is 1260. The van der Waals surface area contributed by atoms with Gasteiger partial charge in [-0.25, -0.2) is 4.68 Å². The lowest BCUT2D eigenvalue weighted by Gasteiger charge is -2.13. The van der Waals surface area contributed by atoms with Crippen LogP contribution in [0.15, 0.2) is 42.5 Å². The third-order valence-corrected chi connectivity index (χ3v) is 5.80. The summed E-state index contributed by atoms with van der Waals surface area (Å²) in [6, 6.07) is 9.42. The molecule has 3 aromatic rings. The maximum atomic E-state index is 13.1. The van der Waals surface area contributed by atoms with E-state index >= 15 is 0 Å². The molecular formula is C23H20ClF3N4O3. The molecule has 0 fully saturated rings. The van der Waals surface area contributed by atoms with E-state index in [1.54, 1.807) is 19.2 Å². The molecule has 7 nitrogen and oxygen atoms in total. The summed E-state index contributed by atoms with van der Waals surface area (Å²) < 4.78 is 45.9. The Hall–Kier alpha value is -3.53. The van der Waals surface area contributed by atoms with Crippen LogP contribution in [0.2, 0.25) is 5.02 Å². The maximum absolute atomic E-state index is 13.1. The number of aryl methyl sites for hydroxylation is 1. The Morgan fingerprint density at radius 1 is 1.24 bits per heavy atom. The second-order valence-corrected chi connectivity index (χ2v) is 8.05. The average molecular weight is 493 g/mol. The molecule has 0 saturated carbocycles. The molecule has 0 saturated heterocycles. The molecule has 0 bridgehead atoms. The first-order valence-corrected chi connectivity index (χ1v) is 10.7. The van der Waals surface area contributed by atoms with Gasteiger partial charge in [0.1, 0.15) is 17.6 Å². The van der Waals surface area contributed by atoms with Gasteiger partial charge in [-0.1, -0.05) is 30.7 Å². The minimum absolute atomic E-state index is 0.0750. The maximum Gasteiger partial charge on any atom is 0.417 e. The van der Waals surface area contributed by atoms with Gasteiger partial charge in [-0.2, -0.15) is 18.3 Å². The van der Waals surface area contributed by atoms with Crippen LogP contribution in [-0.4, -0.2) is 28.7 Å². The van der Waals surface area contributed by atoms with Gasteiger partial charge in [-0.05, 0) is 42.3 Å². The Morgan fingerprint density at radius 2 is 1.94 bits per heavy atom. The molecule has 0 radical (unpaired) electrons. The largest absolute Gasteiger partial charge is 0.497 e. The number of halogens is 4. The Labute approximate surface area is 197 Å². The quantitative estimate of drug-likeness (QED) is 0.488. The fraction of sp³-hybridized carbons (Fsp3) is 0.261. The topological polar surface area (TPSA) is 85.2 Å². The predicted octanol–water partition coefficient (Wildman–Crippen LogP) is 5.32. The SMILES string of the molecule is CCc1nn2c(c1-c1ccc(OC)cc1)NC(=O)C2CC(=O)Nc1ccc(Cl)c(C(F)(F)F)c1. The molecule has 2 heterocycles. The summed E-state index contributed by atoms with van der Waals surface area (Å²) in [5.41, 5.74) is 1.17. The van der Waals surface area contributed by atoms with Crippen molar-refractivity contribution in [2.75, 3.05) is 17.7 Å². The van der Waals surface area contributed by atoms with Gasteiger partial charge < -0.3 is 15.4 Å². The second-order valence-electron chi connectivity index (χ2n) is 7.65. The Kier molecular flexibility index (Phi) is 6.26. The zero-order valence-corrected chi connectivity index (χ0v) is 18.9. The number of ether oxygens (including phenoxy) is 1. The van der Waals surface area contributed by atoms with Gasteiger partial charge in [0.15, 0.2) is 0 Å². The summed E-state index contributed by atoms with van der Waals surface area (Å²) in [6.07, 6.45) is -4.39. The number of hydrogen-bond acceptors (Lipinski definition) is 4. The van der Waals surface area contributed by atoms with Crippen LogP contribution in [0.5, 0.6) is 5.75 Å². The van der Waals surface area contributed by atoms with E-state index in [0.29, 0.717) is 18.0 Å². The van der Waals surface area contributed by atoms with E-state index in [9.17, 15) is 22.8 Å². The van der Waals surface area contributed by atoms with Gasteiger partial charge >= 0.3 is 6.18 Å². The van der Waals surface area contributed by atoms with Gasteiger partial charge in [0.2, 0.25) is 5.91 Å². The van der Waals surface area contributed by atoms with Crippen LogP contribution >= 0.6 is 11.6 Å². The predicted molar refractivity (Wildman–Crippen MR) is 121 cm³/mol. The summed E-state index contributed by atoms with van der Waals surface area (Å²) in [6.45, 7) is 1.92. The minimum atomic E-state index is -4.67. The first-order valence-electron chi connectivity index (χ1n) is 10.4. The minimum Gasteiger partial charge on any atom is -0.497 e. The van der Waals surface area contributed by atoms with Crippen LogP contribution < -0.4 is 15.4 Å². The molecule has 1 atom stereocenters. The highest BCUT2D eigenvalue weighted by Gasteiger charge is 2.37. The monoisotopic (exact) mass is 492 g/mol. The first kappa shape index (κ1) is 23.6. The standard InChI is InChI=1S/C23H20ClF3N4O3/c1-3-17-20(12-4-7-14(34-2)8-5-12)21-29-22(33)18(31(21)30-17)11-19(32)28-13-6-9-16(24)15(10-13)23(25,26)27/h4-10,18H,3,11H2,1-2H3,(H,28,32)(H,29,33). The molecule has 1 aliphatic rings. The normalized spacial score (nSPS) is 15.1. The molecule has 4 rings (SSSR count). The van der Waals surface area contributed by atoms with Crippen molar-refractivity contribution in [2.24, 2.45) is 0 Å². The van der Waals surface area contributed by atoms with Gasteiger partial charge in [0, 0.05) is 11.3 Å². The number of rotatable bonds is 6. The van der Waals surface area contributed by atoms with Crippen LogP contribution in [0.3, 0.4) is 0 Å². The fourth-order valence-electron chi connectivity index (χ4n) is 3.83. The number of benzene rings is 2. The number of hydrogen-bond donors (Lipinski definition) is 2. The van der Waals surface area contributed by atoms with Gasteiger partial charge in [-0.3, -0.25) is 9.59 Å². The van der Waals surface area contributed by atoms with E-state index in [4.69, 9.17) is 16.3 Å². The zero-order chi connectivity index (χ0) is 24.6. The molecule has 34 heavy (non-hydrogen) atoms. The van der Waals surface area contributed by atoms with E-state index < -0.39 is 34.6 Å². The molecule has 0 aliphatic carbocycles. The van der Waals surface area contributed by atoms with Crippen molar-refractivity contribution in [3.8, 4) is 16.9 Å². The highest BCUT2D eigenvalue weighted by atomic mass is 35.5. The number of aromatic nitrogens is 2. The fourth-order valence-corrected chi connectivity index (χ4v) is 4.06. The highest BCUT2D eigenvalue weighted by molar-refractivity contribution is 6.31. The number of amides is 2. The first-order chi connectivity index (χ1) is 16.1. The number of methoxy groups -OCH3 is 1. The molecule has 1 unspecified atom stereocenters. The van der Waals surface area contributed by atoms with E-state index in [0.717, 1.165) is 29.0 Å². The number of anilines is 2. The van der Waals surface area contributed by atoms with Crippen molar-refractivity contribution in [2.45, 2.75) is 32.0 Å². The zero-order valence-electron chi connectivity index (χ0n) is 18.2. The van der Waals surface area contributed by atoms with Crippen molar-refractivity contribution in [3.63, 3.8) is 0 Å². The van der Waals surface area contributed by atoms with Crippen molar-refractivity contribution in [3.05, 3.63) is 58.7 Å². The summed E-state index contributed by atoms with van der Waals surface area (Å²) in [5.74, 6) is 0.0842. The van der Waals surface area contributed by atoms with Crippen LogP contribution in [0, 0.1) is 0 Å². The van der Waals surface area contributed by atoms with Gasteiger partial charge in [-0.15, -0.1) is 0 Å². The molecule has 11 heteroatoms. The molecule has 0 spiro atoms. The summed E-state index contributed by atoms with van der Waals surface area (Å²) in [7, 11) is 1.56. The number of carbonyl (C=O) groups excluding carboxylic acids is 2. The number of carbonyl (C=O) groups is 2. The summed E-state index contributed by atoms with van der Waals surface area (Å²) in [4.78, 5) is 25.3. The van der Waals surface area contributed by atoms with Crippen molar-refractivity contribution < 1.29 is 27.5 Å². The molecule has 2 amide bonds. The number of fused-ring (bicyclic) bond motifs is 1. The molecule has 1 aliphatic heterocycles. The summed E-state index contributed by atoms with van der Waals surface area (Å²) >= 11 is 5.62. The molecule has 1 aromatic heterocycles. The molecule has 2 aromatic carbocycles. The third-order valence-electron chi connectivity index (χ3n) is 5.47. The number of nitrogens with zero attached hydrogens (tertiary/aromatic N) is 2. The smallest absolute Gasteiger partial charge is 0.417 e. The van der Waals surface area contributed by atoms with Crippen molar-refractivity contribution in [1.29, 1.82) is 0 Å². The van der Waals surface area contributed by atoms with E-state index in [2.05, 4.69) is 15.7 Å². The Morgan fingerprint density at radius 3 is 2.56 bits per heavy atom. The Balaban J connectivity index is 1.58. The van der Waals surface area contributed by atoms with Crippen LogP contribution in [0.25, 0.3) is 11.1 Å². The van der Waals surface area contributed by atoms with E-state index in [-0.39, 0.29) is 12.1 Å². The lowest BCUT2D eigenvalue weighted by atomic mass is 10.0. The van der Waals surface area contributed by atoms with Crippen LogP contribution in [0.4, 0.5) is 24.7 Å². The second kappa shape index (κ2) is 9.02. The van der Waals surface area contributed by atoms with E-state index in [1.807, 2.05) is 19.1 Å². The van der Waals surface area contributed by atoms with Crippen molar-refractivity contribution in [1.82, 2.24) is 9.78 Å². The van der Waals surface area contributed by atoms with Crippen LogP contribution in [0.1, 0.15) is 30.6 Å². The van der Waals surface area contributed by atoms with E-state index in [1.165, 1.54) is 10.7 Å². The molecule has 178 valence electrons. The molecular weight excluding hydrogens is 473 g/mol. The average Bonchev–Trinajstić information content (AvgIpc) is 3.29. The number of alkyl halides is 3.